The fourth-order valence-corrected chi connectivity index (χ4v) is 4.09. The molecule has 0 radical (unpaired) electrons. The van der Waals surface area contributed by atoms with Gasteiger partial charge in [0.15, 0.2) is 5.82 Å². The van der Waals surface area contributed by atoms with Gasteiger partial charge in [0.05, 0.1) is 5.52 Å². The lowest BCUT2D eigenvalue weighted by molar-refractivity contribution is 0.508. The molecule has 3 heteroatoms. The van der Waals surface area contributed by atoms with E-state index >= 15 is 0 Å². The zero-order valence-electron chi connectivity index (χ0n) is 14.8. The molecule has 1 unspecified atom stereocenters. The summed E-state index contributed by atoms with van der Waals surface area (Å²) in [5.74, 6) is 1.74. The lowest BCUT2D eigenvalue weighted by Gasteiger charge is -2.34. The molecule has 1 aliphatic heterocycles. The molecular weight excluding hydrogens is 294 g/mol. The molecule has 0 spiro atoms. The van der Waals surface area contributed by atoms with Crippen molar-refractivity contribution in [3.05, 3.63) is 59.4 Å². The highest BCUT2D eigenvalue weighted by molar-refractivity contribution is 5.93. The lowest BCUT2D eigenvalue weighted by Crippen LogP contribution is -2.35. The van der Waals surface area contributed by atoms with Crippen LogP contribution in [-0.4, -0.2) is 22.6 Å². The first-order chi connectivity index (χ1) is 11.7. The first-order valence-corrected chi connectivity index (χ1v) is 8.87. The van der Waals surface area contributed by atoms with Crippen LogP contribution in [0.1, 0.15) is 35.6 Å². The van der Waals surface area contributed by atoms with Gasteiger partial charge in [-0.1, -0.05) is 30.3 Å². The summed E-state index contributed by atoms with van der Waals surface area (Å²) in [4.78, 5) is 7.27. The minimum Gasteiger partial charge on any atom is -0.354 e. The van der Waals surface area contributed by atoms with Crippen LogP contribution in [0.25, 0.3) is 10.9 Å². The fraction of sp³-hybridized carbons (Fsp3) is 0.381. The predicted molar refractivity (Wildman–Crippen MR) is 101 cm³/mol. The molecule has 0 amide bonds. The number of aryl methyl sites for hydroxylation is 2. The quantitative estimate of drug-likeness (QED) is 0.689. The number of fused-ring (bicyclic) bond motifs is 1. The Morgan fingerprint density at radius 1 is 1.08 bits per heavy atom. The van der Waals surface area contributed by atoms with Crippen LogP contribution >= 0.6 is 0 Å². The van der Waals surface area contributed by atoms with E-state index in [2.05, 4.69) is 66.8 Å². The van der Waals surface area contributed by atoms with Crippen molar-refractivity contribution in [2.75, 3.05) is 18.0 Å². The van der Waals surface area contributed by atoms with Crippen LogP contribution in [0.15, 0.2) is 42.6 Å². The van der Waals surface area contributed by atoms with Gasteiger partial charge in [0.1, 0.15) is 0 Å². The fourth-order valence-electron chi connectivity index (χ4n) is 4.09. The third-order valence-corrected chi connectivity index (χ3v) is 5.68. The van der Waals surface area contributed by atoms with Crippen molar-refractivity contribution in [1.29, 1.82) is 0 Å². The first kappa shape index (κ1) is 15.3. The highest BCUT2D eigenvalue weighted by Crippen LogP contribution is 2.34. The van der Waals surface area contributed by atoms with E-state index in [1.807, 2.05) is 6.20 Å². The Balaban J connectivity index is 1.74. The number of pyridine rings is 1. The number of hydrogen-bond acceptors (Lipinski definition) is 2. The second-order valence-electron chi connectivity index (χ2n) is 7.00. The molecule has 3 nitrogen and oxygen atoms in total. The van der Waals surface area contributed by atoms with Gasteiger partial charge < -0.3 is 9.47 Å². The Morgan fingerprint density at radius 3 is 2.67 bits per heavy atom. The summed E-state index contributed by atoms with van der Waals surface area (Å²) in [6.45, 7) is 6.56. The van der Waals surface area contributed by atoms with Gasteiger partial charge in [-0.05, 0) is 43.9 Å². The van der Waals surface area contributed by atoms with Crippen LogP contribution in [0.2, 0.25) is 0 Å². The number of aromatic nitrogens is 2. The van der Waals surface area contributed by atoms with E-state index in [1.54, 1.807) is 0 Å². The zero-order chi connectivity index (χ0) is 16.7. The minimum absolute atomic E-state index is 0.597. The van der Waals surface area contributed by atoms with Crippen molar-refractivity contribution >= 4 is 16.7 Å². The molecule has 1 fully saturated rings. The molecule has 1 saturated heterocycles. The van der Waals surface area contributed by atoms with Crippen LogP contribution < -0.4 is 4.90 Å². The molecule has 3 aromatic rings. The molecule has 0 N–H and O–H groups in total. The summed E-state index contributed by atoms with van der Waals surface area (Å²) in [7, 11) is 2.16. The maximum atomic E-state index is 4.78. The Bertz CT molecular complexity index is 864. The van der Waals surface area contributed by atoms with Crippen molar-refractivity contribution in [1.82, 2.24) is 9.55 Å². The summed E-state index contributed by atoms with van der Waals surface area (Å²) >= 11 is 0. The maximum Gasteiger partial charge on any atom is 0.153 e. The van der Waals surface area contributed by atoms with Gasteiger partial charge in [-0.3, -0.25) is 0 Å². The van der Waals surface area contributed by atoms with Gasteiger partial charge in [0.2, 0.25) is 0 Å². The Hall–Kier alpha value is -2.29. The number of anilines is 1. The van der Waals surface area contributed by atoms with Crippen molar-refractivity contribution in [3.8, 4) is 0 Å². The smallest absolute Gasteiger partial charge is 0.153 e. The molecular formula is C21H25N3. The Labute approximate surface area is 143 Å². The van der Waals surface area contributed by atoms with E-state index in [9.17, 15) is 0 Å². The summed E-state index contributed by atoms with van der Waals surface area (Å²) < 4.78 is 2.30. The molecule has 3 heterocycles. The molecule has 1 aliphatic rings. The topological polar surface area (TPSA) is 21.1 Å². The van der Waals surface area contributed by atoms with Gasteiger partial charge in [-0.15, -0.1) is 0 Å². The van der Waals surface area contributed by atoms with Crippen LogP contribution in [0.3, 0.4) is 0 Å². The summed E-state index contributed by atoms with van der Waals surface area (Å²) in [5, 5.41) is 1.34. The number of benzene rings is 1. The number of hydrogen-bond donors (Lipinski definition) is 0. The van der Waals surface area contributed by atoms with Gasteiger partial charge in [-0.2, -0.15) is 0 Å². The number of piperidine rings is 1. The highest BCUT2D eigenvalue weighted by atomic mass is 15.2. The summed E-state index contributed by atoms with van der Waals surface area (Å²) in [6, 6.07) is 13.1. The van der Waals surface area contributed by atoms with Crippen molar-refractivity contribution in [2.45, 2.75) is 32.6 Å². The van der Waals surface area contributed by atoms with Crippen molar-refractivity contribution < 1.29 is 0 Å². The van der Waals surface area contributed by atoms with Crippen LogP contribution in [0, 0.1) is 13.8 Å². The summed E-state index contributed by atoms with van der Waals surface area (Å²) in [6.07, 6.45) is 4.46. The first-order valence-electron chi connectivity index (χ1n) is 8.87. The van der Waals surface area contributed by atoms with E-state index < -0.39 is 0 Å². The predicted octanol–water partition coefficient (Wildman–Crippen LogP) is 4.57. The average molecular weight is 319 g/mol. The minimum atomic E-state index is 0.597. The Kier molecular flexibility index (Phi) is 3.79. The van der Waals surface area contributed by atoms with Gasteiger partial charge in [0, 0.05) is 43.3 Å². The van der Waals surface area contributed by atoms with Gasteiger partial charge in [-0.25, -0.2) is 4.98 Å². The van der Waals surface area contributed by atoms with Crippen molar-refractivity contribution in [3.63, 3.8) is 0 Å². The van der Waals surface area contributed by atoms with Crippen molar-refractivity contribution in [2.24, 2.45) is 7.05 Å². The zero-order valence-corrected chi connectivity index (χ0v) is 14.8. The third kappa shape index (κ3) is 2.39. The Morgan fingerprint density at radius 2 is 1.88 bits per heavy atom. The van der Waals surface area contributed by atoms with E-state index in [1.165, 1.54) is 40.6 Å². The molecule has 0 saturated carbocycles. The van der Waals surface area contributed by atoms with E-state index in [4.69, 9.17) is 4.98 Å². The van der Waals surface area contributed by atoms with Crippen LogP contribution in [0.4, 0.5) is 5.82 Å². The van der Waals surface area contributed by atoms with E-state index in [-0.39, 0.29) is 0 Å². The van der Waals surface area contributed by atoms with E-state index in [0.29, 0.717) is 5.92 Å². The lowest BCUT2D eigenvalue weighted by atomic mass is 9.90. The number of rotatable bonds is 2. The van der Waals surface area contributed by atoms with Gasteiger partial charge >= 0.3 is 0 Å². The van der Waals surface area contributed by atoms with Crippen LogP contribution in [-0.2, 0) is 7.05 Å². The number of nitrogens with zero attached hydrogens (tertiary/aromatic N) is 3. The average Bonchev–Trinajstić information content (AvgIpc) is 2.87. The monoisotopic (exact) mass is 319 g/mol. The largest absolute Gasteiger partial charge is 0.354 e. The molecule has 2 aromatic heterocycles. The molecule has 24 heavy (non-hydrogen) atoms. The second-order valence-corrected chi connectivity index (χ2v) is 7.00. The second kappa shape index (κ2) is 5.97. The molecule has 0 bridgehead atoms. The SMILES string of the molecule is Cc1c(C)n(C)c2c(N3CCCC(c4ccccc4)C3)nccc12. The molecule has 1 atom stereocenters. The summed E-state index contributed by atoms with van der Waals surface area (Å²) in [5.41, 5.74) is 5.43. The molecule has 124 valence electrons. The maximum absolute atomic E-state index is 4.78. The third-order valence-electron chi connectivity index (χ3n) is 5.68. The molecule has 0 aliphatic carbocycles. The standard InChI is InChI=1S/C21H25N3/c1-15-16(2)23(3)20-19(15)11-12-22-21(20)24-13-7-10-18(14-24)17-8-5-4-6-9-17/h4-6,8-9,11-12,18H,7,10,13-14H2,1-3H3. The highest BCUT2D eigenvalue weighted by Gasteiger charge is 2.25. The van der Waals surface area contributed by atoms with E-state index in [0.717, 1.165) is 18.9 Å². The van der Waals surface area contributed by atoms with Gasteiger partial charge in [0.25, 0.3) is 0 Å². The normalized spacial score (nSPS) is 18.3. The molecule has 1 aromatic carbocycles. The van der Waals surface area contributed by atoms with Crippen LogP contribution in [0.5, 0.6) is 0 Å². The molecule has 4 rings (SSSR count).